The third-order valence-electron chi connectivity index (χ3n) is 4.88. The van der Waals surface area contributed by atoms with E-state index >= 15 is 0 Å². The zero-order chi connectivity index (χ0) is 21.0. The lowest BCUT2D eigenvalue weighted by molar-refractivity contribution is 0.0702. The Morgan fingerprint density at radius 2 is 1.90 bits per heavy atom. The minimum atomic E-state index is -3.57. The summed E-state index contributed by atoms with van der Waals surface area (Å²) < 4.78 is 38.1. The molecule has 2 aromatic carbocycles. The van der Waals surface area contributed by atoms with Gasteiger partial charge in [0.05, 0.1) is 6.26 Å². The van der Waals surface area contributed by atoms with Crippen LogP contribution in [0.5, 0.6) is 5.75 Å². The van der Waals surface area contributed by atoms with Gasteiger partial charge in [-0.15, -0.1) is 0 Å². The number of hydrogen-bond donors (Lipinski definition) is 1. The molecule has 2 heterocycles. The molecular formula is C22H22N2O5S. The summed E-state index contributed by atoms with van der Waals surface area (Å²) in [5, 5.41) is 0. The molecule has 8 heteroatoms. The number of furan rings is 1. The van der Waals surface area contributed by atoms with Crippen molar-refractivity contribution in [2.24, 2.45) is 0 Å². The van der Waals surface area contributed by atoms with E-state index in [0.717, 1.165) is 11.1 Å². The second-order valence-corrected chi connectivity index (χ2v) is 8.86. The maximum Gasteiger partial charge on any atom is 0.289 e. The highest BCUT2D eigenvalue weighted by atomic mass is 32.2. The summed E-state index contributed by atoms with van der Waals surface area (Å²) >= 11 is 0. The van der Waals surface area contributed by atoms with Crippen molar-refractivity contribution in [2.45, 2.75) is 13.0 Å². The molecule has 1 aliphatic heterocycles. The molecule has 7 nitrogen and oxygen atoms in total. The zero-order valence-corrected chi connectivity index (χ0v) is 17.1. The van der Waals surface area contributed by atoms with E-state index < -0.39 is 10.0 Å². The van der Waals surface area contributed by atoms with Crippen molar-refractivity contribution < 1.29 is 22.4 Å². The first-order chi connectivity index (χ1) is 14.5. The van der Waals surface area contributed by atoms with Crippen LogP contribution in [0.4, 0.5) is 5.69 Å². The second kappa shape index (κ2) is 8.62. The topological polar surface area (TPSA) is 88.9 Å². The van der Waals surface area contributed by atoms with Crippen LogP contribution in [0.15, 0.2) is 71.3 Å². The van der Waals surface area contributed by atoms with Crippen LogP contribution in [-0.4, -0.2) is 38.1 Å². The van der Waals surface area contributed by atoms with Crippen molar-refractivity contribution in [3.8, 4) is 5.75 Å². The highest BCUT2D eigenvalue weighted by Crippen LogP contribution is 2.24. The highest BCUT2D eigenvalue weighted by Gasteiger charge is 2.24. The van der Waals surface area contributed by atoms with Gasteiger partial charge in [-0.25, -0.2) is 8.42 Å². The Hall–Kier alpha value is -3.26. The molecule has 1 aromatic heterocycles. The van der Waals surface area contributed by atoms with E-state index in [1.165, 1.54) is 6.26 Å². The van der Waals surface area contributed by atoms with Crippen molar-refractivity contribution in [3.05, 3.63) is 83.8 Å². The van der Waals surface area contributed by atoms with Gasteiger partial charge in [0.1, 0.15) is 18.1 Å². The fraction of sp³-hybridized carbons (Fsp3) is 0.227. The molecule has 156 valence electrons. The van der Waals surface area contributed by atoms with Crippen molar-refractivity contribution in [1.82, 2.24) is 4.90 Å². The Morgan fingerprint density at radius 1 is 1.07 bits per heavy atom. The Morgan fingerprint density at radius 3 is 2.67 bits per heavy atom. The molecule has 1 aliphatic rings. The van der Waals surface area contributed by atoms with Gasteiger partial charge < -0.3 is 14.1 Å². The number of amides is 1. The van der Waals surface area contributed by atoms with E-state index in [1.54, 1.807) is 41.3 Å². The number of nitrogens with zero attached hydrogens (tertiary/aromatic N) is 1. The van der Waals surface area contributed by atoms with Crippen molar-refractivity contribution in [1.29, 1.82) is 0 Å². The number of nitrogens with one attached hydrogen (secondary N) is 1. The number of rotatable bonds is 7. The molecule has 3 aromatic rings. The second-order valence-electron chi connectivity index (χ2n) is 7.02. The zero-order valence-electron chi connectivity index (χ0n) is 16.3. The van der Waals surface area contributed by atoms with Crippen molar-refractivity contribution in [3.63, 3.8) is 0 Å². The number of carbonyl (C=O) groups excluding carboxylic acids is 1. The van der Waals surface area contributed by atoms with Gasteiger partial charge in [0, 0.05) is 18.8 Å². The molecule has 0 bridgehead atoms. The first kappa shape index (κ1) is 20.0. The Kier molecular flexibility index (Phi) is 5.76. The van der Waals surface area contributed by atoms with E-state index in [0.29, 0.717) is 36.7 Å². The molecule has 30 heavy (non-hydrogen) atoms. The molecule has 0 unspecified atom stereocenters. The van der Waals surface area contributed by atoms with Gasteiger partial charge in [-0.3, -0.25) is 9.52 Å². The Bertz CT molecular complexity index is 1110. The van der Waals surface area contributed by atoms with Crippen molar-refractivity contribution in [2.75, 3.05) is 23.6 Å². The van der Waals surface area contributed by atoms with E-state index in [9.17, 15) is 13.2 Å². The standard InChI is InChI=1S/C22H22N2O5S/c25-22(21-7-4-12-29-21)24-11-10-17-8-9-19(15-18(17)16-24)23-30(26,27)14-13-28-20-5-2-1-3-6-20/h1-9,12,15,23H,10-11,13-14,16H2. The number of ether oxygens (including phenoxy) is 1. The van der Waals surface area contributed by atoms with Crippen LogP contribution in [0.3, 0.4) is 0 Å². The molecule has 0 aliphatic carbocycles. The molecule has 0 saturated carbocycles. The number of sulfonamides is 1. The molecule has 1 N–H and O–H groups in total. The van der Waals surface area contributed by atoms with Gasteiger partial charge in [0.25, 0.3) is 5.91 Å². The number of para-hydroxylation sites is 1. The minimum Gasteiger partial charge on any atom is -0.492 e. The largest absolute Gasteiger partial charge is 0.492 e. The number of anilines is 1. The fourth-order valence-corrected chi connectivity index (χ4v) is 4.26. The Balaban J connectivity index is 1.38. The van der Waals surface area contributed by atoms with Gasteiger partial charge in [0.2, 0.25) is 10.0 Å². The molecule has 0 spiro atoms. The molecular weight excluding hydrogens is 404 g/mol. The predicted molar refractivity (Wildman–Crippen MR) is 113 cm³/mol. The maximum atomic E-state index is 12.5. The molecule has 0 radical (unpaired) electrons. The summed E-state index contributed by atoms with van der Waals surface area (Å²) in [6, 6.07) is 17.8. The first-order valence-corrected chi connectivity index (χ1v) is 11.3. The van der Waals surface area contributed by atoms with E-state index in [2.05, 4.69) is 4.72 Å². The van der Waals surface area contributed by atoms with E-state index in [4.69, 9.17) is 9.15 Å². The third kappa shape index (κ3) is 4.83. The molecule has 4 rings (SSSR count). The number of fused-ring (bicyclic) bond motifs is 1. The van der Waals surface area contributed by atoms with Gasteiger partial charge >= 0.3 is 0 Å². The van der Waals surface area contributed by atoms with Gasteiger partial charge in [-0.2, -0.15) is 0 Å². The number of hydrogen-bond acceptors (Lipinski definition) is 5. The minimum absolute atomic E-state index is 0.0513. The fourth-order valence-electron chi connectivity index (χ4n) is 3.37. The predicted octanol–water partition coefficient (Wildman–Crippen LogP) is 3.30. The summed E-state index contributed by atoms with van der Waals surface area (Å²) in [7, 11) is -3.57. The lowest BCUT2D eigenvalue weighted by atomic mass is 9.99. The van der Waals surface area contributed by atoms with E-state index in [-0.39, 0.29) is 18.3 Å². The lowest BCUT2D eigenvalue weighted by Crippen LogP contribution is -2.35. The van der Waals surface area contributed by atoms with Crippen LogP contribution in [0.2, 0.25) is 0 Å². The van der Waals surface area contributed by atoms with Crippen LogP contribution in [-0.2, 0) is 23.0 Å². The summed E-state index contributed by atoms with van der Waals surface area (Å²) in [4.78, 5) is 14.2. The molecule has 0 saturated heterocycles. The van der Waals surface area contributed by atoms with E-state index in [1.807, 2.05) is 24.3 Å². The summed E-state index contributed by atoms with van der Waals surface area (Å²) in [6.07, 6.45) is 2.18. The highest BCUT2D eigenvalue weighted by molar-refractivity contribution is 7.92. The van der Waals surface area contributed by atoms with Crippen LogP contribution >= 0.6 is 0 Å². The maximum absolute atomic E-state index is 12.5. The van der Waals surface area contributed by atoms with Crippen LogP contribution in [0.25, 0.3) is 0 Å². The first-order valence-electron chi connectivity index (χ1n) is 9.63. The average molecular weight is 426 g/mol. The smallest absolute Gasteiger partial charge is 0.289 e. The van der Waals surface area contributed by atoms with Crippen LogP contribution < -0.4 is 9.46 Å². The summed E-state index contributed by atoms with van der Waals surface area (Å²) in [6.45, 7) is 1.05. The lowest BCUT2D eigenvalue weighted by Gasteiger charge is -2.28. The summed E-state index contributed by atoms with van der Waals surface area (Å²) in [5.41, 5.74) is 2.50. The number of benzene rings is 2. The third-order valence-corrected chi connectivity index (χ3v) is 6.13. The molecule has 0 atom stereocenters. The van der Waals surface area contributed by atoms with Crippen molar-refractivity contribution >= 4 is 21.6 Å². The SMILES string of the molecule is O=C(c1ccco1)N1CCc2ccc(NS(=O)(=O)CCOc3ccccc3)cc2C1. The van der Waals surface area contributed by atoms with Gasteiger partial charge in [0.15, 0.2) is 5.76 Å². The van der Waals surface area contributed by atoms with Gasteiger partial charge in [-0.05, 0) is 53.9 Å². The monoisotopic (exact) mass is 426 g/mol. The normalized spacial score (nSPS) is 13.5. The van der Waals surface area contributed by atoms with Crippen LogP contribution in [0, 0.1) is 0 Å². The molecule has 0 fully saturated rings. The quantitative estimate of drug-likeness (QED) is 0.626. The Labute approximate surface area is 175 Å². The number of carbonyl (C=O) groups is 1. The van der Waals surface area contributed by atoms with Gasteiger partial charge in [-0.1, -0.05) is 24.3 Å². The average Bonchev–Trinajstić information content (AvgIpc) is 3.28. The summed E-state index contributed by atoms with van der Waals surface area (Å²) in [5.74, 6) is 0.591. The molecule has 1 amide bonds. The van der Waals surface area contributed by atoms with Crippen LogP contribution in [0.1, 0.15) is 21.7 Å².